The summed E-state index contributed by atoms with van der Waals surface area (Å²) in [5.74, 6) is 1.61. The highest BCUT2D eigenvalue weighted by molar-refractivity contribution is 5.73. The van der Waals surface area contributed by atoms with E-state index in [9.17, 15) is 0 Å². The first-order chi connectivity index (χ1) is 11.3. The minimum Gasteiger partial charge on any atom is -0.483 e. The lowest BCUT2D eigenvalue weighted by Crippen LogP contribution is -2.41. The van der Waals surface area contributed by atoms with Gasteiger partial charge in [0.15, 0.2) is 5.75 Å². The first-order valence-electron chi connectivity index (χ1n) is 7.58. The van der Waals surface area contributed by atoms with Crippen LogP contribution in [0.1, 0.15) is 5.76 Å². The summed E-state index contributed by atoms with van der Waals surface area (Å²) in [6.45, 7) is 1.79. The average Bonchev–Trinajstić information content (AvgIpc) is 3.25. The molecule has 3 aromatic rings. The Morgan fingerprint density at radius 3 is 3.22 bits per heavy atom. The molecule has 0 aliphatic carbocycles. The van der Waals surface area contributed by atoms with E-state index in [1.165, 1.54) is 0 Å². The van der Waals surface area contributed by atoms with Crippen LogP contribution in [-0.4, -0.2) is 40.1 Å². The molecule has 1 fully saturated rings. The molecule has 0 radical (unpaired) electrons. The first-order valence-corrected chi connectivity index (χ1v) is 7.58. The first kappa shape index (κ1) is 14.2. The van der Waals surface area contributed by atoms with Crippen LogP contribution in [0.3, 0.4) is 0 Å². The average molecular weight is 314 g/mol. The molecule has 0 saturated carbocycles. The van der Waals surface area contributed by atoms with Crippen molar-refractivity contribution in [3.63, 3.8) is 0 Å². The van der Waals surface area contributed by atoms with Crippen molar-refractivity contribution < 1.29 is 13.9 Å². The van der Waals surface area contributed by atoms with Crippen LogP contribution in [0.15, 0.2) is 41.2 Å². The quantitative estimate of drug-likeness (QED) is 0.769. The van der Waals surface area contributed by atoms with Crippen LogP contribution < -0.4 is 10.1 Å². The molecule has 0 aromatic carbocycles. The number of pyridine rings is 1. The van der Waals surface area contributed by atoms with Gasteiger partial charge in [-0.3, -0.25) is 4.68 Å². The van der Waals surface area contributed by atoms with Crippen LogP contribution in [0.2, 0.25) is 0 Å². The van der Waals surface area contributed by atoms with Gasteiger partial charge in [-0.15, -0.1) is 0 Å². The van der Waals surface area contributed by atoms with E-state index >= 15 is 0 Å². The van der Waals surface area contributed by atoms with E-state index in [1.54, 1.807) is 17.1 Å². The summed E-state index contributed by atoms with van der Waals surface area (Å²) in [5.41, 5.74) is 0.662. The van der Waals surface area contributed by atoms with Crippen molar-refractivity contribution in [1.82, 2.24) is 20.1 Å². The van der Waals surface area contributed by atoms with Crippen molar-refractivity contribution in [2.75, 3.05) is 13.2 Å². The Bertz CT molecular complexity index is 764. The maximum absolute atomic E-state index is 5.94. The summed E-state index contributed by atoms with van der Waals surface area (Å²) in [4.78, 5) is 4.20. The molecular weight excluding hydrogens is 296 g/mol. The summed E-state index contributed by atoms with van der Waals surface area (Å²) in [6.07, 6.45) is 5.24. The van der Waals surface area contributed by atoms with Crippen molar-refractivity contribution in [2.45, 2.75) is 18.7 Å². The molecule has 1 aliphatic heterocycles. The Kier molecular flexibility index (Phi) is 3.72. The molecule has 7 nitrogen and oxygen atoms in total. The van der Waals surface area contributed by atoms with Gasteiger partial charge in [-0.2, -0.15) is 5.10 Å². The summed E-state index contributed by atoms with van der Waals surface area (Å²) in [7, 11) is 1.86. The lowest BCUT2D eigenvalue weighted by Gasteiger charge is -2.19. The van der Waals surface area contributed by atoms with Crippen molar-refractivity contribution in [1.29, 1.82) is 0 Å². The van der Waals surface area contributed by atoms with E-state index < -0.39 is 0 Å². The number of nitrogens with one attached hydrogen (secondary N) is 1. The fraction of sp³-hybridized carbons (Fsp3) is 0.375. The molecule has 0 bridgehead atoms. The van der Waals surface area contributed by atoms with E-state index in [2.05, 4.69) is 15.4 Å². The number of fused-ring (bicyclic) bond motifs is 1. The molecule has 1 aliphatic rings. The number of aromatic nitrogens is 3. The summed E-state index contributed by atoms with van der Waals surface area (Å²) < 4.78 is 18.9. The Labute approximate surface area is 133 Å². The number of nitrogens with zero attached hydrogens (tertiary/aromatic N) is 3. The van der Waals surface area contributed by atoms with Crippen LogP contribution in [0.5, 0.6) is 5.75 Å². The monoisotopic (exact) mass is 314 g/mol. The van der Waals surface area contributed by atoms with Gasteiger partial charge in [0.25, 0.3) is 0 Å². The minimum absolute atomic E-state index is 0.0401. The van der Waals surface area contributed by atoms with Crippen molar-refractivity contribution in [3.8, 4) is 5.75 Å². The Balaban J connectivity index is 1.39. The van der Waals surface area contributed by atoms with E-state index in [-0.39, 0.29) is 12.1 Å². The Hall–Kier alpha value is -2.38. The van der Waals surface area contributed by atoms with Gasteiger partial charge in [0, 0.05) is 18.6 Å². The van der Waals surface area contributed by atoms with Gasteiger partial charge in [0.1, 0.15) is 11.9 Å². The highest BCUT2D eigenvalue weighted by Crippen LogP contribution is 2.19. The molecule has 4 rings (SSSR count). The molecule has 0 unspecified atom stereocenters. The predicted octanol–water partition coefficient (Wildman–Crippen LogP) is 1.50. The second-order valence-corrected chi connectivity index (χ2v) is 5.64. The van der Waals surface area contributed by atoms with Gasteiger partial charge in [-0.05, 0) is 18.2 Å². The number of aryl methyl sites for hydroxylation is 1. The zero-order valence-corrected chi connectivity index (χ0v) is 12.8. The highest BCUT2D eigenvalue weighted by Gasteiger charge is 2.30. The highest BCUT2D eigenvalue weighted by atomic mass is 16.5. The Morgan fingerprint density at radius 2 is 2.39 bits per heavy atom. The van der Waals surface area contributed by atoms with Crippen LogP contribution >= 0.6 is 0 Å². The van der Waals surface area contributed by atoms with Gasteiger partial charge in [0.2, 0.25) is 5.71 Å². The number of ether oxygens (including phenoxy) is 2. The van der Waals surface area contributed by atoms with Gasteiger partial charge < -0.3 is 19.2 Å². The van der Waals surface area contributed by atoms with Gasteiger partial charge in [0.05, 0.1) is 38.2 Å². The standard InChI is InChI=1S/C16H18N4O3/c1-20-8-13(7-19-20)22-15-10-21-9-14(15)18-6-12-5-11-3-2-4-17-16(11)23-12/h2-5,7-8,14-15,18H,6,9-10H2,1H3/t14-,15+/m0/s1. The summed E-state index contributed by atoms with van der Waals surface area (Å²) in [5, 5.41) is 8.56. The molecule has 120 valence electrons. The molecule has 0 amide bonds. The summed E-state index contributed by atoms with van der Waals surface area (Å²) >= 11 is 0. The molecule has 2 atom stereocenters. The second kappa shape index (κ2) is 6.02. The maximum Gasteiger partial charge on any atom is 0.226 e. The van der Waals surface area contributed by atoms with E-state index in [0.29, 0.717) is 25.5 Å². The van der Waals surface area contributed by atoms with E-state index in [4.69, 9.17) is 13.9 Å². The topological polar surface area (TPSA) is 74.3 Å². The van der Waals surface area contributed by atoms with Crippen molar-refractivity contribution >= 4 is 11.1 Å². The normalized spacial score (nSPS) is 21.1. The zero-order valence-electron chi connectivity index (χ0n) is 12.8. The number of hydrogen-bond donors (Lipinski definition) is 1. The molecule has 1 N–H and O–H groups in total. The van der Waals surface area contributed by atoms with Crippen LogP contribution in [0, 0.1) is 0 Å². The maximum atomic E-state index is 5.94. The SMILES string of the molecule is Cn1cc(O[C@@H]2COC[C@@H]2NCc2cc3cccnc3o2)cn1. The smallest absolute Gasteiger partial charge is 0.226 e. The third-order valence-electron chi connectivity index (χ3n) is 3.88. The fourth-order valence-electron chi connectivity index (χ4n) is 2.72. The van der Waals surface area contributed by atoms with Crippen LogP contribution in [0.25, 0.3) is 11.1 Å². The summed E-state index contributed by atoms with van der Waals surface area (Å²) in [6, 6.07) is 6.00. The van der Waals surface area contributed by atoms with Crippen molar-refractivity contribution in [2.24, 2.45) is 7.05 Å². The molecule has 4 heterocycles. The Morgan fingerprint density at radius 1 is 1.43 bits per heavy atom. The van der Waals surface area contributed by atoms with Crippen LogP contribution in [0.4, 0.5) is 0 Å². The zero-order chi connectivity index (χ0) is 15.6. The second-order valence-electron chi connectivity index (χ2n) is 5.64. The predicted molar refractivity (Wildman–Crippen MR) is 83.1 cm³/mol. The third kappa shape index (κ3) is 3.06. The fourth-order valence-corrected chi connectivity index (χ4v) is 2.72. The van der Waals surface area contributed by atoms with Crippen LogP contribution in [-0.2, 0) is 18.3 Å². The molecule has 7 heteroatoms. The minimum atomic E-state index is -0.0401. The van der Waals surface area contributed by atoms with Gasteiger partial charge in [-0.25, -0.2) is 4.98 Å². The number of rotatable bonds is 5. The lowest BCUT2D eigenvalue weighted by molar-refractivity contribution is 0.139. The largest absolute Gasteiger partial charge is 0.483 e. The molecule has 1 saturated heterocycles. The number of hydrogen-bond acceptors (Lipinski definition) is 6. The lowest BCUT2D eigenvalue weighted by atomic mass is 10.2. The molecule has 0 spiro atoms. The van der Waals surface area contributed by atoms with E-state index in [0.717, 1.165) is 16.9 Å². The van der Waals surface area contributed by atoms with Gasteiger partial charge >= 0.3 is 0 Å². The number of furan rings is 1. The molecule has 3 aromatic heterocycles. The van der Waals surface area contributed by atoms with Crippen molar-refractivity contribution in [3.05, 3.63) is 42.5 Å². The van der Waals surface area contributed by atoms with Gasteiger partial charge in [-0.1, -0.05) is 0 Å². The molecule has 23 heavy (non-hydrogen) atoms. The third-order valence-corrected chi connectivity index (χ3v) is 3.88. The molecular formula is C16H18N4O3. The van der Waals surface area contributed by atoms with E-state index in [1.807, 2.05) is 31.4 Å².